The molecule has 0 fully saturated rings. The summed E-state index contributed by atoms with van der Waals surface area (Å²) in [6, 6.07) is 26.3. The molecule has 0 saturated heterocycles. The number of nitrogens with zero attached hydrogens (tertiary/aromatic N) is 2. The van der Waals surface area contributed by atoms with Crippen molar-refractivity contribution in [2.24, 2.45) is 10.2 Å². The van der Waals surface area contributed by atoms with Gasteiger partial charge in [-0.1, -0.05) is 98.6 Å². The van der Waals surface area contributed by atoms with Gasteiger partial charge < -0.3 is 0 Å². The van der Waals surface area contributed by atoms with Gasteiger partial charge in [-0.25, -0.2) is 0 Å². The molecule has 0 saturated carbocycles. The fraction of sp³-hybridized carbons (Fsp3) is 0.259. The van der Waals surface area contributed by atoms with Gasteiger partial charge in [0.25, 0.3) is 0 Å². The maximum absolute atomic E-state index is 12.6. The van der Waals surface area contributed by atoms with Crippen LogP contribution in [0.25, 0.3) is 0 Å². The quantitative estimate of drug-likeness (QED) is 0.203. The molecule has 3 rings (SSSR count). The van der Waals surface area contributed by atoms with Crippen molar-refractivity contribution in [3.63, 3.8) is 0 Å². The number of benzene rings is 3. The Morgan fingerprint density at radius 1 is 0.800 bits per heavy atom. The molecular weight excluding hydrogens is 371 g/mol. The van der Waals surface area contributed by atoms with Crippen molar-refractivity contribution in [2.75, 3.05) is 6.67 Å². The highest BCUT2D eigenvalue weighted by Crippen LogP contribution is 2.15. The number of aryl methyl sites for hydroxylation is 2. The highest BCUT2D eigenvalue weighted by molar-refractivity contribution is 6.13. The molecule has 3 heteroatoms. The second kappa shape index (κ2) is 11.8. The molecule has 0 atom stereocenters. The molecule has 0 aliphatic heterocycles. The van der Waals surface area contributed by atoms with Gasteiger partial charge in [-0.3, -0.25) is 4.39 Å². The summed E-state index contributed by atoms with van der Waals surface area (Å²) in [5.74, 6) is 0. The van der Waals surface area contributed by atoms with Crippen LogP contribution in [0.5, 0.6) is 0 Å². The van der Waals surface area contributed by atoms with Crippen LogP contribution in [0.4, 0.5) is 4.39 Å². The van der Waals surface area contributed by atoms with E-state index in [4.69, 9.17) is 0 Å². The molecule has 0 N–H and O–H groups in total. The Kier molecular flexibility index (Phi) is 8.52. The number of unbranched alkanes of at least 4 members (excludes halogenated alkanes) is 2. The third-order valence-corrected chi connectivity index (χ3v) is 5.12. The van der Waals surface area contributed by atoms with Crippen LogP contribution in [0, 0.1) is 0 Å². The van der Waals surface area contributed by atoms with E-state index in [0.717, 1.165) is 34.4 Å². The molecule has 0 aliphatic carbocycles. The van der Waals surface area contributed by atoms with E-state index in [2.05, 4.69) is 35.3 Å². The topological polar surface area (TPSA) is 24.7 Å². The summed E-state index contributed by atoms with van der Waals surface area (Å²) in [5, 5.41) is 9.03. The highest BCUT2D eigenvalue weighted by Gasteiger charge is 2.07. The first-order valence-corrected chi connectivity index (χ1v) is 10.7. The summed E-state index contributed by atoms with van der Waals surface area (Å²) in [5.41, 5.74) is 6.19. The summed E-state index contributed by atoms with van der Waals surface area (Å²) in [6.07, 6.45) is 6.98. The molecule has 3 aromatic carbocycles. The molecule has 0 aromatic heterocycles. The third-order valence-electron chi connectivity index (χ3n) is 5.12. The lowest BCUT2D eigenvalue weighted by Crippen LogP contribution is -2.03. The van der Waals surface area contributed by atoms with Crippen LogP contribution < -0.4 is 0 Å². The van der Waals surface area contributed by atoms with Gasteiger partial charge in [0.05, 0.1) is 12.9 Å². The first-order chi connectivity index (χ1) is 14.8. The molecule has 0 heterocycles. The maximum Gasteiger partial charge on any atom is 0.100 e. The van der Waals surface area contributed by atoms with Gasteiger partial charge in [-0.15, -0.1) is 5.10 Å². The lowest BCUT2D eigenvalue weighted by atomic mass is 10.0. The third kappa shape index (κ3) is 6.21. The van der Waals surface area contributed by atoms with E-state index in [9.17, 15) is 4.39 Å². The first-order valence-electron chi connectivity index (χ1n) is 10.7. The van der Waals surface area contributed by atoms with E-state index < -0.39 is 0 Å². The zero-order valence-corrected chi connectivity index (χ0v) is 17.6. The van der Waals surface area contributed by atoms with Crippen LogP contribution in [-0.2, 0) is 12.8 Å². The molecule has 0 spiro atoms. The largest absolute Gasteiger partial charge is 0.251 e. The van der Waals surface area contributed by atoms with Crippen LogP contribution in [-0.4, -0.2) is 18.6 Å². The van der Waals surface area contributed by atoms with Crippen molar-refractivity contribution in [1.29, 1.82) is 0 Å². The van der Waals surface area contributed by atoms with E-state index >= 15 is 0 Å². The zero-order valence-electron chi connectivity index (χ0n) is 17.6. The Hall–Kier alpha value is -3.07. The van der Waals surface area contributed by atoms with E-state index in [1.54, 1.807) is 0 Å². The van der Waals surface area contributed by atoms with E-state index in [1.807, 2.05) is 66.9 Å². The van der Waals surface area contributed by atoms with Crippen LogP contribution in [0.2, 0.25) is 0 Å². The zero-order chi connectivity index (χ0) is 21.0. The summed E-state index contributed by atoms with van der Waals surface area (Å²) in [4.78, 5) is 0. The summed E-state index contributed by atoms with van der Waals surface area (Å²) in [6.45, 7) is 1.87. The van der Waals surface area contributed by atoms with E-state index in [-0.39, 0.29) is 6.67 Å². The van der Waals surface area contributed by atoms with Crippen molar-refractivity contribution in [1.82, 2.24) is 0 Å². The van der Waals surface area contributed by atoms with Gasteiger partial charge in [0.1, 0.15) is 5.71 Å². The monoisotopic (exact) mass is 400 g/mol. The summed E-state index contributed by atoms with van der Waals surface area (Å²) < 4.78 is 12.6. The fourth-order valence-corrected chi connectivity index (χ4v) is 3.42. The average molecular weight is 401 g/mol. The van der Waals surface area contributed by atoms with Crippen molar-refractivity contribution >= 4 is 11.9 Å². The maximum atomic E-state index is 12.6. The molecule has 154 valence electrons. The van der Waals surface area contributed by atoms with E-state index in [1.165, 1.54) is 24.8 Å². The Balaban J connectivity index is 1.88. The minimum atomic E-state index is -0.346. The van der Waals surface area contributed by atoms with Crippen LogP contribution >= 0.6 is 0 Å². The summed E-state index contributed by atoms with van der Waals surface area (Å²) in [7, 11) is 0. The molecule has 0 amide bonds. The predicted octanol–water partition coefficient (Wildman–Crippen LogP) is 6.80. The Morgan fingerprint density at radius 3 is 2.23 bits per heavy atom. The number of halogens is 1. The van der Waals surface area contributed by atoms with Crippen LogP contribution in [0.15, 0.2) is 89.1 Å². The Labute approximate surface area is 179 Å². The molecular formula is C27H29FN2. The lowest BCUT2D eigenvalue weighted by Gasteiger charge is -2.07. The van der Waals surface area contributed by atoms with Gasteiger partial charge in [0, 0.05) is 17.5 Å². The molecule has 0 unspecified atom stereocenters. The first kappa shape index (κ1) is 21.6. The van der Waals surface area contributed by atoms with Crippen molar-refractivity contribution in [2.45, 2.75) is 39.0 Å². The van der Waals surface area contributed by atoms with Gasteiger partial charge in [0.15, 0.2) is 0 Å². The standard InChI is InChI=1S/C27H29FN2/c1-2-3-5-10-23-11-8-9-14-26(23)21-29-30-27(24-12-6-4-7-13-24)25-17-15-22(16-18-25)19-20-28/h4,6-9,11-18,21H,2-3,5,10,19-20H2,1H3. The van der Waals surface area contributed by atoms with Gasteiger partial charge >= 0.3 is 0 Å². The number of rotatable bonds is 10. The Bertz CT molecular complexity index is 960. The SMILES string of the molecule is CCCCCc1ccccc1C=NN=C(c1ccccc1)c1ccc(CCF)cc1. The second-order valence-electron chi connectivity index (χ2n) is 7.35. The smallest absolute Gasteiger partial charge is 0.100 e. The normalized spacial score (nSPS) is 11.9. The minimum absolute atomic E-state index is 0.346. The molecule has 0 radical (unpaired) electrons. The number of alkyl halides is 1. The molecule has 3 aromatic rings. The summed E-state index contributed by atoms with van der Waals surface area (Å²) >= 11 is 0. The average Bonchev–Trinajstić information content (AvgIpc) is 2.79. The highest BCUT2D eigenvalue weighted by atomic mass is 19.1. The van der Waals surface area contributed by atoms with Crippen LogP contribution in [0.3, 0.4) is 0 Å². The number of hydrogen-bond donors (Lipinski definition) is 0. The fourth-order valence-electron chi connectivity index (χ4n) is 3.42. The van der Waals surface area contributed by atoms with Crippen molar-refractivity contribution < 1.29 is 4.39 Å². The Morgan fingerprint density at radius 2 is 1.50 bits per heavy atom. The van der Waals surface area contributed by atoms with Gasteiger partial charge in [-0.05, 0) is 29.5 Å². The van der Waals surface area contributed by atoms with E-state index in [0.29, 0.717) is 6.42 Å². The number of hydrogen-bond acceptors (Lipinski definition) is 2. The van der Waals surface area contributed by atoms with Crippen molar-refractivity contribution in [3.05, 3.63) is 107 Å². The second-order valence-corrected chi connectivity index (χ2v) is 7.35. The molecule has 0 aliphatic rings. The molecule has 0 bridgehead atoms. The predicted molar refractivity (Wildman–Crippen MR) is 125 cm³/mol. The van der Waals surface area contributed by atoms with Crippen LogP contribution in [0.1, 0.15) is 54.0 Å². The molecule has 30 heavy (non-hydrogen) atoms. The molecule has 2 nitrogen and oxygen atoms in total. The van der Waals surface area contributed by atoms with Crippen molar-refractivity contribution in [3.8, 4) is 0 Å². The van der Waals surface area contributed by atoms with Gasteiger partial charge in [-0.2, -0.15) is 5.10 Å². The minimum Gasteiger partial charge on any atom is -0.251 e. The van der Waals surface area contributed by atoms with Gasteiger partial charge in [0.2, 0.25) is 0 Å². The lowest BCUT2D eigenvalue weighted by molar-refractivity contribution is 0.495.